The highest BCUT2D eigenvalue weighted by Gasteiger charge is 2.46. The molecule has 0 aliphatic carbocycles. The number of likely N-dealkylation sites (N-methyl/N-ethyl adjacent to an activating group) is 5. The van der Waals surface area contributed by atoms with E-state index >= 15 is 0 Å². The van der Waals surface area contributed by atoms with Crippen LogP contribution in [0.5, 0.6) is 0 Å². The van der Waals surface area contributed by atoms with Gasteiger partial charge in [-0.3, -0.25) is 33.6 Å². The molecule has 370 valence electrons. The van der Waals surface area contributed by atoms with Gasteiger partial charge in [-0.2, -0.15) is 0 Å². The SMILES string of the molecule is COC(=O)C(C)N(C)C(=O)[C@H](CC(N)=O)N(C)C(=O)[C@@H]1CCCN1C(=O)[C@H](C(C)C)N(C)C(=O)C(C(C)C)N(C)C(=O)[C@H](Cc1ccccc1)N(C)C(=O)C(NC(=O)OC(C)(C)C)C(C)C. The average molecular weight is 929 g/mol. The number of benzene rings is 1. The smallest absolute Gasteiger partial charge is 0.408 e. The van der Waals surface area contributed by atoms with Gasteiger partial charge in [0.05, 0.1) is 13.5 Å². The molecule has 7 atom stereocenters. The Morgan fingerprint density at radius 3 is 1.73 bits per heavy atom. The van der Waals surface area contributed by atoms with E-state index in [1.807, 2.05) is 30.3 Å². The van der Waals surface area contributed by atoms with E-state index in [1.54, 1.807) is 62.3 Å². The van der Waals surface area contributed by atoms with E-state index in [-0.39, 0.29) is 19.4 Å². The maximum absolute atomic E-state index is 14.8. The van der Waals surface area contributed by atoms with Crippen molar-refractivity contribution in [2.75, 3.05) is 48.9 Å². The van der Waals surface area contributed by atoms with Crippen LogP contribution in [0.15, 0.2) is 30.3 Å². The van der Waals surface area contributed by atoms with Gasteiger partial charge in [0, 0.05) is 48.2 Å². The Hall–Kier alpha value is -5.75. The zero-order valence-electron chi connectivity index (χ0n) is 41.9. The third-order valence-electron chi connectivity index (χ3n) is 12.1. The number of ether oxygens (including phenoxy) is 2. The Morgan fingerprint density at radius 1 is 0.712 bits per heavy atom. The quantitative estimate of drug-likeness (QED) is 0.180. The average Bonchev–Trinajstić information content (AvgIpc) is 3.74. The number of nitrogens with two attached hydrogens (primary N) is 1. The van der Waals surface area contributed by atoms with Crippen molar-refractivity contribution in [3.63, 3.8) is 0 Å². The van der Waals surface area contributed by atoms with Crippen LogP contribution >= 0.6 is 0 Å². The highest BCUT2D eigenvalue weighted by atomic mass is 16.6. The molecule has 19 nitrogen and oxygen atoms in total. The molecule has 0 aromatic heterocycles. The first kappa shape index (κ1) is 56.4. The van der Waals surface area contributed by atoms with Crippen molar-refractivity contribution in [1.29, 1.82) is 0 Å². The van der Waals surface area contributed by atoms with Crippen LogP contribution in [0, 0.1) is 17.8 Å². The molecule has 1 aromatic rings. The van der Waals surface area contributed by atoms with E-state index in [2.05, 4.69) is 5.32 Å². The van der Waals surface area contributed by atoms with Crippen LogP contribution in [-0.4, -0.2) is 180 Å². The standard InChI is InChI=1S/C47H76N8O11/c1-27(2)36(49-46(64)66-47(8,9)10)42(60)52(13)33(25-31-21-18-17-19-22-31)41(59)53(14)37(28(3)4)43(61)54(15)38(29(5)6)44(62)55-24-20-23-32(55)39(57)51(12)34(26-35(48)56)40(58)50(11)30(7)45(63)65-16/h17-19,21-22,27-30,32-34,36-38H,20,23-26H2,1-16H3,(H2,48,56)(H,49,64)/t30?,32-,33-,34-,36?,37?,38-/m0/s1. The Kier molecular flexibility index (Phi) is 20.6. The van der Waals surface area contributed by atoms with E-state index in [1.165, 1.54) is 68.9 Å². The van der Waals surface area contributed by atoms with E-state index in [9.17, 15) is 43.2 Å². The number of alkyl carbamates (subject to hydrolysis) is 1. The van der Waals surface area contributed by atoms with E-state index in [0.717, 1.165) is 15.4 Å². The lowest BCUT2D eigenvalue weighted by atomic mass is 9.95. The lowest BCUT2D eigenvalue weighted by Crippen LogP contribution is -2.62. The zero-order chi connectivity index (χ0) is 50.7. The van der Waals surface area contributed by atoms with Gasteiger partial charge in [0.25, 0.3) is 0 Å². The van der Waals surface area contributed by atoms with E-state index < -0.39 is 125 Å². The van der Waals surface area contributed by atoms with Gasteiger partial charge in [0.2, 0.25) is 41.4 Å². The Morgan fingerprint density at radius 2 is 1.24 bits per heavy atom. The lowest BCUT2D eigenvalue weighted by Gasteiger charge is -2.41. The Balaban J connectivity index is 2.52. The number of rotatable bonds is 20. The summed E-state index contributed by atoms with van der Waals surface area (Å²) >= 11 is 0. The first-order chi connectivity index (χ1) is 30.5. The number of nitrogens with one attached hydrogen (secondary N) is 1. The third-order valence-corrected chi connectivity index (χ3v) is 12.1. The molecular weight excluding hydrogens is 853 g/mol. The fourth-order valence-corrected chi connectivity index (χ4v) is 8.24. The number of hydrogen-bond acceptors (Lipinski definition) is 11. The fourth-order valence-electron chi connectivity index (χ4n) is 8.24. The van der Waals surface area contributed by atoms with Gasteiger partial charge in [-0.05, 0) is 63.9 Å². The van der Waals surface area contributed by atoms with Crippen LogP contribution < -0.4 is 11.1 Å². The Bertz CT molecular complexity index is 1900. The van der Waals surface area contributed by atoms with Crippen LogP contribution in [0.2, 0.25) is 0 Å². The van der Waals surface area contributed by atoms with Gasteiger partial charge in [0.1, 0.15) is 47.9 Å². The number of nitrogens with zero attached hydrogens (tertiary/aromatic N) is 6. The molecule has 1 heterocycles. The molecule has 0 saturated carbocycles. The maximum atomic E-state index is 14.8. The molecule has 1 fully saturated rings. The number of carbonyl (C=O) groups excluding carboxylic acids is 9. The minimum atomic E-state index is -1.40. The van der Waals surface area contributed by atoms with Crippen LogP contribution in [-0.2, 0) is 54.3 Å². The number of carbonyl (C=O) groups is 9. The molecule has 0 spiro atoms. The van der Waals surface area contributed by atoms with Crippen molar-refractivity contribution >= 4 is 53.4 Å². The summed E-state index contributed by atoms with van der Waals surface area (Å²) in [6, 6.07) is 1.18. The second-order valence-corrected chi connectivity index (χ2v) is 19.3. The van der Waals surface area contributed by atoms with Crippen molar-refractivity contribution in [1.82, 2.24) is 34.7 Å². The summed E-state index contributed by atoms with van der Waals surface area (Å²) in [6.45, 7) is 17.3. The number of esters is 1. The largest absolute Gasteiger partial charge is 0.467 e. The van der Waals surface area contributed by atoms with Crippen molar-refractivity contribution in [3.8, 4) is 0 Å². The number of primary amides is 1. The molecule has 3 N–H and O–H groups in total. The normalized spacial score (nSPS) is 16.6. The summed E-state index contributed by atoms with van der Waals surface area (Å²) in [6.07, 6.45) is -0.599. The molecule has 3 unspecified atom stereocenters. The molecule has 0 bridgehead atoms. The van der Waals surface area contributed by atoms with Crippen molar-refractivity contribution in [2.24, 2.45) is 23.5 Å². The van der Waals surface area contributed by atoms with Gasteiger partial charge in [-0.25, -0.2) is 9.59 Å². The lowest BCUT2D eigenvalue weighted by molar-refractivity contribution is -0.158. The molecule has 2 rings (SSSR count). The van der Waals surface area contributed by atoms with Gasteiger partial charge in [0.15, 0.2) is 0 Å². The monoisotopic (exact) mass is 929 g/mol. The van der Waals surface area contributed by atoms with Gasteiger partial charge in [-0.15, -0.1) is 0 Å². The molecular formula is C47H76N8O11. The molecule has 1 aromatic carbocycles. The maximum Gasteiger partial charge on any atom is 0.408 e. The minimum Gasteiger partial charge on any atom is -0.467 e. The third kappa shape index (κ3) is 14.4. The predicted octanol–water partition coefficient (Wildman–Crippen LogP) is 2.28. The molecule has 66 heavy (non-hydrogen) atoms. The van der Waals surface area contributed by atoms with E-state index in [4.69, 9.17) is 15.2 Å². The molecule has 1 saturated heterocycles. The summed E-state index contributed by atoms with van der Waals surface area (Å²) in [5.74, 6) is -6.48. The van der Waals surface area contributed by atoms with Crippen molar-refractivity contribution in [2.45, 2.75) is 143 Å². The molecule has 19 heteroatoms. The summed E-state index contributed by atoms with van der Waals surface area (Å²) < 4.78 is 10.2. The number of amides is 8. The van der Waals surface area contributed by atoms with Crippen LogP contribution in [0.25, 0.3) is 0 Å². The highest BCUT2D eigenvalue weighted by molar-refractivity contribution is 5.98. The van der Waals surface area contributed by atoms with E-state index in [0.29, 0.717) is 6.42 Å². The van der Waals surface area contributed by atoms with Crippen LogP contribution in [0.3, 0.4) is 0 Å². The van der Waals surface area contributed by atoms with Crippen LogP contribution in [0.1, 0.15) is 94.1 Å². The zero-order valence-corrected chi connectivity index (χ0v) is 41.9. The number of likely N-dealkylation sites (tertiary alicyclic amines) is 1. The van der Waals surface area contributed by atoms with Crippen LogP contribution in [0.4, 0.5) is 4.79 Å². The van der Waals surface area contributed by atoms with Gasteiger partial charge in [-0.1, -0.05) is 71.9 Å². The second-order valence-electron chi connectivity index (χ2n) is 19.3. The minimum absolute atomic E-state index is 0.0801. The summed E-state index contributed by atoms with van der Waals surface area (Å²) in [5.41, 5.74) is 5.43. The van der Waals surface area contributed by atoms with Crippen molar-refractivity contribution < 1.29 is 52.6 Å². The molecule has 1 aliphatic rings. The number of methoxy groups -OCH3 is 1. The predicted molar refractivity (Wildman–Crippen MR) is 247 cm³/mol. The molecule has 1 aliphatic heterocycles. The first-order valence-corrected chi connectivity index (χ1v) is 22.5. The summed E-state index contributed by atoms with van der Waals surface area (Å²) in [7, 11) is 8.28. The van der Waals surface area contributed by atoms with Gasteiger partial charge >= 0.3 is 12.1 Å². The van der Waals surface area contributed by atoms with Gasteiger partial charge < -0.3 is 49.9 Å². The first-order valence-electron chi connectivity index (χ1n) is 22.5. The molecule has 0 radical (unpaired) electrons. The molecule has 8 amide bonds. The number of hydrogen-bond donors (Lipinski definition) is 2. The summed E-state index contributed by atoms with van der Waals surface area (Å²) in [4.78, 5) is 131. The highest BCUT2D eigenvalue weighted by Crippen LogP contribution is 2.27. The van der Waals surface area contributed by atoms with Crippen molar-refractivity contribution in [3.05, 3.63) is 35.9 Å². The Labute approximate surface area is 391 Å². The fraction of sp³-hybridized carbons (Fsp3) is 0.681. The second kappa shape index (κ2) is 24.1. The summed E-state index contributed by atoms with van der Waals surface area (Å²) in [5, 5.41) is 2.67. The topological polar surface area (TPSA) is 230 Å².